The van der Waals surface area contributed by atoms with Crippen LogP contribution in [0.4, 0.5) is 5.82 Å². The number of nitrogens with zero attached hydrogens (tertiary/aromatic N) is 2. The number of hydrogen-bond donors (Lipinski definition) is 2. The predicted octanol–water partition coefficient (Wildman–Crippen LogP) is 1.31. The maximum atomic E-state index is 10.8. The van der Waals surface area contributed by atoms with E-state index in [0.29, 0.717) is 11.7 Å². The zero-order chi connectivity index (χ0) is 13.0. The van der Waals surface area contributed by atoms with Crippen LogP contribution in [0.25, 0.3) is 0 Å². The van der Waals surface area contributed by atoms with Crippen LogP contribution in [-0.4, -0.2) is 34.2 Å². The second-order valence-corrected chi connectivity index (χ2v) is 3.92. The topological polar surface area (TPSA) is 84.3 Å². The molecule has 0 fully saturated rings. The Balaban J connectivity index is 2.85. The van der Waals surface area contributed by atoms with Gasteiger partial charge in [0.15, 0.2) is 0 Å². The van der Waals surface area contributed by atoms with Crippen molar-refractivity contribution in [3.8, 4) is 5.88 Å². The fraction of sp³-hybridized carbons (Fsp3) is 0.545. The molecule has 0 aliphatic rings. The molecule has 2 atom stereocenters. The van der Waals surface area contributed by atoms with Crippen molar-refractivity contribution in [1.29, 1.82) is 0 Å². The van der Waals surface area contributed by atoms with Gasteiger partial charge in [0.2, 0.25) is 5.88 Å². The molecule has 1 rings (SSSR count). The van der Waals surface area contributed by atoms with Crippen molar-refractivity contribution < 1.29 is 14.6 Å². The largest absolute Gasteiger partial charge is 0.481 e. The number of aliphatic carboxylic acids is 1. The van der Waals surface area contributed by atoms with Crippen molar-refractivity contribution in [2.75, 3.05) is 12.4 Å². The van der Waals surface area contributed by atoms with Crippen molar-refractivity contribution in [2.45, 2.75) is 26.8 Å². The Bertz CT molecular complexity index is 409. The van der Waals surface area contributed by atoms with Crippen molar-refractivity contribution >= 4 is 11.8 Å². The van der Waals surface area contributed by atoms with Gasteiger partial charge in [-0.1, -0.05) is 0 Å². The molecular weight excluding hydrogens is 222 g/mol. The monoisotopic (exact) mass is 239 g/mol. The Morgan fingerprint density at radius 3 is 2.65 bits per heavy atom. The molecule has 0 spiro atoms. The Hall–Kier alpha value is -1.85. The van der Waals surface area contributed by atoms with E-state index in [0.717, 1.165) is 5.56 Å². The van der Waals surface area contributed by atoms with Gasteiger partial charge in [-0.05, 0) is 20.8 Å². The first-order valence-corrected chi connectivity index (χ1v) is 5.32. The van der Waals surface area contributed by atoms with Gasteiger partial charge in [0.05, 0.1) is 18.6 Å². The predicted molar refractivity (Wildman–Crippen MR) is 63.2 cm³/mol. The average molecular weight is 239 g/mol. The number of carboxylic acids is 1. The molecule has 6 nitrogen and oxygen atoms in total. The molecular formula is C11H17N3O3. The molecule has 0 aliphatic carbocycles. The fourth-order valence-corrected chi connectivity index (χ4v) is 1.34. The molecule has 0 aromatic carbocycles. The number of aromatic nitrogens is 2. The number of rotatable bonds is 5. The molecule has 0 amide bonds. The number of hydrogen-bond acceptors (Lipinski definition) is 5. The average Bonchev–Trinajstić information content (AvgIpc) is 2.30. The van der Waals surface area contributed by atoms with Crippen LogP contribution in [0, 0.1) is 12.8 Å². The zero-order valence-electron chi connectivity index (χ0n) is 10.4. The molecule has 0 aliphatic heterocycles. The highest BCUT2D eigenvalue weighted by molar-refractivity contribution is 5.71. The molecule has 1 aromatic rings. The van der Waals surface area contributed by atoms with E-state index in [4.69, 9.17) is 9.84 Å². The summed E-state index contributed by atoms with van der Waals surface area (Å²) in [4.78, 5) is 18.9. The van der Waals surface area contributed by atoms with Gasteiger partial charge in [0.25, 0.3) is 0 Å². The van der Waals surface area contributed by atoms with E-state index in [2.05, 4.69) is 15.3 Å². The minimum absolute atomic E-state index is 0.231. The lowest BCUT2D eigenvalue weighted by Gasteiger charge is -2.19. The number of methoxy groups -OCH3 is 1. The lowest BCUT2D eigenvalue weighted by atomic mass is 10.0. The van der Waals surface area contributed by atoms with Gasteiger partial charge in [-0.3, -0.25) is 4.79 Å². The Morgan fingerprint density at radius 1 is 1.47 bits per heavy atom. The third-order valence-electron chi connectivity index (χ3n) is 2.74. The van der Waals surface area contributed by atoms with Gasteiger partial charge in [-0.15, -0.1) is 0 Å². The highest BCUT2D eigenvalue weighted by Gasteiger charge is 2.20. The van der Waals surface area contributed by atoms with E-state index in [1.54, 1.807) is 13.8 Å². The van der Waals surface area contributed by atoms with Crippen LogP contribution in [0.15, 0.2) is 6.33 Å². The van der Waals surface area contributed by atoms with Gasteiger partial charge < -0.3 is 15.2 Å². The van der Waals surface area contributed by atoms with Crippen LogP contribution in [0.2, 0.25) is 0 Å². The van der Waals surface area contributed by atoms with Crippen molar-refractivity contribution in [3.63, 3.8) is 0 Å². The van der Waals surface area contributed by atoms with Crippen LogP contribution in [0.1, 0.15) is 19.4 Å². The summed E-state index contributed by atoms with van der Waals surface area (Å²) in [5.41, 5.74) is 0.763. The van der Waals surface area contributed by atoms with Crippen LogP contribution in [0.5, 0.6) is 5.88 Å². The van der Waals surface area contributed by atoms with Crippen LogP contribution in [0.3, 0.4) is 0 Å². The smallest absolute Gasteiger partial charge is 0.308 e. The van der Waals surface area contributed by atoms with E-state index in [1.807, 2.05) is 6.92 Å². The summed E-state index contributed by atoms with van der Waals surface area (Å²) in [6, 6.07) is -0.231. The molecule has 94 valence electrons. The van der Waals surface area contributed by atoms with Crippen molar-refractivity contribution in [3.05, 3.63) is 11.9 Å². The molecule has 6 heteroatoms. The highest BCUT2D eigenvalue weighted by atomic mass is 16.5. The minimum Gasteiger partial charge on any atom is -0.481 e. The first-order chi connectivity index (χ1) is 7.97. The first kappa shape index (κ1) is 13.2. The summed E-state index contributed by atoms with van der Waals surface area (Å²) < 4.78 is 5.07. The molecule has 1 heterocycles. The van der Waals surface area contributed by atoms with Crippen molar-refractivity contribution in [1.82, 2.24) is 9.97 Å². The molecule has 2 unspecified atom stereocenters. The normalized spacial score (nSPS) is 13.9. The third-order valence-corrected chi connectivity index (χ3v) is 2.74. The van der Waals surface area contributed by atoms with Gasteiger partial charge in [0, 0.05) is 6.04 Å². The second kappa shape index (κ2) is 5.47. The fourth-order valence-electron chi connectivity index (χ4n) is 1.34. The SMILES string of the molecule is COc1ncnc(NC(C)C(C)C(=O)O)c1C. The second-order valence-electron chi connectivity index (χ2n) is 3.92. The first-order valence-electron chi connectivity index (χ1n) is 5.32. The number of nitrogens with one attached hydrogen (secondary N) is 1. The molecule has 1 aromatic heterocycles. The standard InChI is InChI=1S/C11H17N3O3/c1-6(11(15)16)8(3)14-9-7(2)10(17-4)13-5-12-9/h5-6,8H,1-4H3,(H,15,16)(H,12,13,14). The quantitative estimate of drug-likeness (QED) is 0.806. The molecule has 0 bridgehead atoms. The summed E-state index contributed by atoms with van der Waals surface area (Å²) in [6.45, 7) is 5.26. The maximum Gasteiger partial charge on any atom is 0.308 e. The molecule has 0 saturated heterocycles. The Kier molecular flexibility index (Phi) is 4.25. The zero-order valence-corrected chi connectivity index (χ0v) is 10.4. The van der Waals surface area contributed by atoms with E-state index in [-0.39, 0.29) is 6.04 Å². The summed E-state index contributed by atoms with van der Waals surface area (Å²) in [5, 5.41) is 12.0. The number of anilines is 1. The molecule has 17 heavy (non-hydrogen) atoms. The minimum atomic E-state index is -0.844. The lowest BCUT2D eigenvalue weighted by molar-refractivity contribution is -0.141. The number of ether oxygens (including phenoxy) is 1. The third kappa shape index (κ3) is 3.05. The highest BCUT2D eigenvalue weighted by Crippen LogP contribution is 2.21. The van der Waals surface area contributed by atoms with Gasteiger partial charge in [-0.2, -0.15) is 0 Å². The molecule has 0 radical (unpaired) electrons. The summed E-state index contributed by atoms with van der Waals surface area (Å²) in [7, 11) is 1.53. The lowest BCUT2D eigenvalue weighted by Crippen LogP contribution is -2.30. The van der Waals surface area contributed by atoms with Gasteiger partial charge in [0.1, 0.15) is 12.1 Å². The van der Waals surface area contributed by atoms with E-state index >= 15 is 0 Å². The van der Waals surface area contributed by atoms with Gasteiger partial charge in [-0.25, -0.2) is 9.97 Å². The van der Waals surface area contributed by atoms with Crippen LogP contribution in [-0.2, 0) is 4.79 Å². The van der Waals surface area contributed by atoms with E-state index in [1.165, 1.54) is 13.4 Å². The summed E-state index contributed by atoms with van der Waals surface area (Å²) in [6.07, 6.45) is 1.38. The number of carbonyl (C=O) groups is 1. The van der Waals surface area contributed by atoms with Crippen LogP contribution >= 0.6 is 0 Å². The van der Waals surface area contributed by atoms with Crippen molar-refractivity contribution in [2.24, 2.45) is 5.92 Å². The summed E-state index contributed by atoms with van der Waals surface area (Å²) >= 11 is 0. The van der Waals surface area contributed by atoms with E-state index in [9.17, 15) is 4.79 Å². The Labute approximate surface area is 100 Å². The number of carboxylic acid groups (broad SMARTS) is 1. The van der Waals surface area contributed by atoms with E-state index < -0.39 is 11.9 Å². The summed E-state index contributed by atoms with van der Waals surface area (Å²) in [5.74, 6) is -0.269. The molecule has 0 saturated carbocycles. The van der Waals surface area contributed by atoms with Gasteiger partial charge >= 0.3 is 5.97 Å². The van der Waals surface area contributed by atoms with Crippen LogP contribution < -0.4 is 10.1 Å². The Morgan fingerprint density at radius 2 is 2.12 bits per heavy atom. The maximum absolute atomic E-state index is 10.8. The molecule has 2 N–H and O–H groups in total.